The van der Waals surface area contributed by atoms with Crippen LogP contribution in [0.2, 0.25) is 0 Å². The summed E-state index contributed by atoms with van der Waals surface area (Å²) in [5.41, 5.74) is 6.13. The normalized spacial score (nSPS) is 31.7. The second-order valence-electron chi connectivity index (χ2n) is 5.70. The van der Waals surface area contributed by atoms with Gasteiger partial charge in [-0.3, -0.25) is 9.48 Å². The second kappa shape index (κ2) is 4.09. The Bertz CT molecular complexity index is 465. The summed E-state index contributed by atoms with van der Waals surface area (Å²) >= 11 is 0. The maximum absolute atomic E-state index is 11.8. The lowest BCUT2D eigenvalue weighted by Gasteiger charge is -2.27. The Hall–Kier alpha value is -1.36. The zero-order valence-corrected chi connectivity index (χ0v) is 10.7. The first-order chi connectivity index (χ1) is 8.59. The molecule has 98 valence electrons. The SMILES string of the molecule is Cc1ccn(C2CCC(NC3CC3)(C(N)=O)C2)n1. The van der Waals surface area contributed by atoms with E-state index in [4.69, 9.17) is 5.73 Å². The van der Waals surface area contributed by atoms with Crippen molar-refractivity contribution in [2.75, 3.05) is 0 Å². The zero-order chi connectivity index (χ0) is 12.8. The first-order valence-electron chi connectivity index (χ1n) is 6.68. The monoisotopic (exact) mass is 248 g/mol. The number of aryl methyl sites for hydroxylation is 1. The Morgan fingerprint density at radius 3 is 2.89 bits per heavy atom. The van der Waals surface area contributed by atoms with Crippen LogP contribution >= 0.6 is 0 Å². The Balaban J connectivity index is 1.76. The highest BCUT2D eigenvalue weighted by atomic mass is 16.1. The molecular formula is C13H20N4O. The highest BCUT2D eigenvalue weighted by molar-refractivity contribution is 5.85. The number of rotatable bonds is 4. The van der Waals surface area contributed by atoms with Crippen LogP contribution in [0.1, 0.15) is 43.8 Å². The van der Waals surface area contributed by atoms with Crippen LogP contribution in [0.5, 0.6) is 0 Å². The van der Waals surface area contributed by atoms with Crippen LogP contribution in [-0.4, -0.2) is 27.3 Å². The summed E-state index contributed by atoms with van der Waals surface area (Å²) in [5, 5.41) is 7.91. The van der Waals surface area contributed by atoms with Crippen LogP contribution in [0.4, 0.5) is 0 Å². The zero-order valence-electron chi connectivity index (χ0n) is 10.7. The Kier molecular flexibility index (Phi) is 2.66. The van der Waals surface area contributed by atoms with E-state index in [2.05, 4.69) is 10.4 Å². The quantitative estimate of drug-likeness (QED) is 0.831. The van der Waals surface area contributed by atoms with Crippen LogP contribution in [0.25, 0.3) is 0 Å². The van der Waals surface area contributed by atoms with Gasteiger partial charge >= 0.3 is 0 Å². The van der Waals surface area contributed by atoms with Crippen molar-refractivity contribution in [3.63, 3.8) is 0 Å². The third-order valence-corrected chi connectivity index (χ3v) is 4.13. The van der Waals surface area contributed by atoms with Gasteiger partial charge in [0.05, 0.1) is 17.3 Å². The van der Waals surface area contributed by atoms with E-state index in [0.29, 0.717) is 6.04 Å². The minimum atomic E-state index is -0.508. The summed E-state index contributed by atoms with van der Waals surface area (Å²) in [4.78, 5) is 11.8. The van der Waals surface area contributed by atoms with Crippen molar-refractivity contribution in [1.29, 1.82) is 0 Å². The number of amides is 1. The van der Waals surface area contributed by atoms with E-state index in [1.807, 2.05) is 23.9 Å². The molecule has 0 bridgehead atoms. The largest absolute Gasteiger partial charge is 0.368 e. The summed E-state index contributed by atoms with van der Waals surface area (Å²) in [6.45, 7) is 1.98. The Labute approximate surface area is 107 Å². The van der Waals surface area contributed by atoms with Gasteiger partial charge in [0.15, 0.2) is 0 Å². The highest BCUT2D eigenvalue weighted by Gasteiger charge is 2.47. The molecule has 1 aromatic heterocycles. The fourth-order valence-corrected chi connectivity index (χ4v) is 2.93. The van der Waals surface area contributed by atoms with Gasteiger partial charge in [0, 0.05) is 12.2 Å². The molecule has 0 aliphatic heterocycles. The average Bonchev–Trinajstić information content (AvgIpc) is 2.85. The Morgan fingerprint density at radius 1 is 1.56 bits per heavy atom. The molecule has 1 heterocycles. The molecule has 3 N–H and O–H groups in total. The first kappa shape index (κ1) is 11.7. The number of aromatic nitrogens is 2. The van der Waals surface area contributed by atoms with Crippen LogP contribution in [0.15, 0.2) is 12.3 Å². The van der Waals surface area contributed by atoms with Crippen molar-refractivity contribution < 1.29 is 4.79 Å². The molecule has 1 aromatic rings. The smallest absolute Gasteiger partial charge is 0.237 e. The van der Waals surface area contributed by atoms with Gasteiger partial charge in [-0.2, -0.15) is 5.10 Å². The van der Waals surface area contributed by atoms with E-state index < -0.39 is 5.54 Å². The van der Waals surface area contributed by atoms with Gasteiger partial charge in [-0.15, -0.1) is 0 Å². The van der Waals surface area contributed by atoms with Crippen LogP contribution in [0.3, 0.4) is 0 Å². The first-order valence-corrected chi connectivity index (χ1v) is 6.68. The number of nitrogens with zero attached hydrogens (tertiary/aromatic N) is 2. The summed E-state index contributed by atoms with van der Waals surface area (Å²) < 4.78 is 1.98. The molecule has 2 unspecified atom stereocenters. The summed E-state index contributed by atoms with van der Waals surface area (Å²) in [6, 6.07) is 2.78. The molecule has 2 saturated carbocycles. The molecule has 2 aliphatic carbocycles. The van der Waals surface area contributed by atoms with E-state index in [1.54, 1.807) is 0 Å². The number of hydrogen-bond acceptors (Lipinski definition) is 3. The molecule has 0 spiro atoms. The third kappa shape index (κ3) is 2.03. The van der Waals surface area contributed by atoms with Crippen molar-refractivity contribution in [3.05, 3.63) is 18.0 Å². The van der Waals surface area contributed by atoms with Gasteiger partial charge in [0.1, 0.15) is 0 Å². The van der Waals surface area contributed by atoms with Crippen LogP contribution in [0, 0.1) is 6.92 Å². The van der Waals surface area contributed by atoms with Gasteiger partial charge in [-0.25, -0.2) is 0 Å². The molecule has 5 heteroatoms. The van der Waals surface area contributed by atoms with Gasteiger partial charge in [-0.05, 0) is 45.1 Å². The third-order valence-electron chi connectivity index (χ3n) is 4.13. The average molecular weight is 248 g/mol. The topological polar surface area (TPSA) is 72.9 Å². The maximum atomic E-state index is 11.8. The van der Waals surface area contributed by atoms with Crippen molar-refractivity contribution in [1.82, 2.24) is 15.1 Å². The van der Waals surface area contributed by atoms with E-state index >= 15 is 0 Å². The number of primary amides is 1. The van der Waals surface area contributed by atoms with Crippen molar-refractivity contribution >= 4 is 5.91 Å². The van der Waals surface area contributed by atoms with E-state index in [0.717, 1.165) is 25.0 Å². The lowest BCUT2D eigenvalue weighted by atomic mass is 9.96. The van der Waals surface area contributed by atoms with Gasteiger partial charge in [-0.1, -0.05) is 0 Å². The second-order valence-corrected chi connectivity index (χ2v) is 5.70. The molecule has 2 fully saturated rings. The fraction of sp³-hybridized carbons (Fsp3) is 0.692. The minimum absolute atomic E-state index is 0.208. The predicted molar refractivity (Wildman–Crippen MR) is 67.9 cm³/mol. The van der Waals surface area contributed by atoms with Crippen LogP contribution < -0.4 is 11.1 Å². The number of hydrogen-bond donors (Lipinski definition) is 2. The molecule has 3 rings (SSSR count). The molecule has 2 atom stereocenters. The molecule has 5 nitrogen and oxygen atoms in total. The predicted octanol–water partition coefficient (Wildman–Crippen LogP) is 0.893. The van der Waals surface area contributed by atoms with Crippen LogP contribution in [-0.2, 0) is 4.79 Å². The summed E-state index contributed by atoms with van der Waals surface area (Å²) in [7, 11) is 0. The molecule has 18 heavy (non-hydrogen) atoms. The van der Waals surface area contributed by atoms with Gasteiger partial charge in [0.2, 0.25) is 5.91 Å². The van der Waals surface area contributed by atoms with Gasteiger partial charge < -0.3 is 11.1 Å². The van der Waals surface area contributed by atoms with Gasteiger partial charge in [0.25, 0.3) is 0 Å². The maximum Gasteiger partial charge on any atom is 0.237 e. The number of nitrogens with two attached hydrogens (primary N) is 1. The fourth-order valence-electron chi connectivity index (χ4n) is 2.93. The minimum Gasteiger partial charge on any atom is -0.368 e. The van der Waals surface area contributed by atoms with E-state index in [-0.39, 0.29) is 11.9 Å². The summed E-state index contributed by atoms with van der Waals surface area (Å²) in [5.74, 6) is -0.208. The number of carbonyl (C=O) groups excluding carboxylic acids is 1. The molecule has 0 saturated heterocycles. The standard InChI is InChI=1S/C13H20N4O/c1-9-5-7-17(16-9)11-4-6-13(8-11,12(14)18)15-10-2-3-10/h5,7,10-11,15H,2-4,6,8H2,1H3,(H2,14,18). The number of nitrogens with one attached hydrogen (secondary N) is 1. The Morgan fingerprint density at radius 2 is 2.33 bits per heavy atom. The van der Waals surface area contributed by atoms with E-state index in [1.165, 1.54) is 12.8 Å². The number of carbonyl (C=O) groups is 1. The lowest BCUT2D eigenvalue weighted by Crippen LogP contribution is -2.54. The molecule has 0 radical (unpaired) electrons. The molecule has 1 amide bonds. The molecule has 0 aromatic carbocycles. The highest BCUT2D eigenvalue weighted by Crippen LogP contribution is 2.39. The van der Waals surface area contributed by atoms with Crippen molar-refractivity contribution in [2.24, 2.45) is 5.73 Å². The summed E-state index contributed by atoms with van der Waals surface area (Å²) in [6.07, 6.45) is 6.88. The van der Waals surface area contributed by atoms with Crippen molar-refractivity contribution in [2.45, 2.75) is 56.7 Å². The molecule has 2 aliphatic rings. The molecular weight excluding hydrogens is 228 g/mol. The van der Waals surface area contributed by atoms with Crippen molar-refractivity contribution in [3.8, 4) is 0 Å². The van der Waals surface area contributed by atoms with E-state index in [9.17, 15) is 4.79 Å². The lowest BCUT2D eigenvalue weighted by molar-refractivity contribution is -0.124.